The minimum Gasteiger partial charge on any atom is -0.452 e. The van der Waals surface area contributed by atoms with Crippen molar-refractivity contribution in [1.82, 2.24) is 10.2 Å². The van der Waals surface area contributed by atoms with E-state index in [9.17, 15) is 19.2 Å². The molecule has 1 spiro atoms. The van der Waals surface area contributed by atoms with E-state index >= 15 is 0 Å². The van der Waals surface area contributed by atoms with Crippen LogP contribution in [0.1, 0.15) is 39.0 Å². The van der Waals surface area contributed by atoms with E-state index in [0.29, 0.717) is 18.5 Å². The SMILES string of the molecule is C[C@H](OC(=O)CCN1C(=O)NC2(CCCC2)C1=O)C(=O)Nc1ccccc1. The smallest absolute Gasteiger partial charge is 0.325 e. The molecule has 3 rings (SSSR count). The number of nitrogens with one attached hydrogen (secondary N) is 2. The highest BCUT2D eigenvalue weighted by Crippen LogP contribution is 2.35. The minimum atomic E-state index is -0.984. The molecule has 27 heavy (non-hydrogen) atoms. The summed E-state index contributed by atoms with van der Waals surface area (Å²) in [5.41, 5.74) is -0.185. The lowest BCUT2D eigenvalue weighted by Crippen LogP contribution is -2.44. The van der Waals surface area contributed by atoms with Crippen LogP contribution < -0.4 is 10.6 Å². The zero-order valence-electron chi connectivity index (χ0n) is 15.2. The fourth-order valence-electron chi connectivity index (χ4n) is 3.47. The first-order valence-electron chi connectivity index (χ1n) is 9.11. The highest BCUT2D eigenvalue weighted by molar-refractivity contribution is 6.07. The topological polar surface area (TPSA) is 105 Å². The summed E-state index contributed by atoms with van der Waals surface area (Å²) in [6.45, 7) is 1.41. The second kappa shape index (κ2) is 7.77. The Morgan fingerprint density at radius 1 is 1.22 bits per heavy atom. The molecule has 0 bridgehead atoms. The fraction of sp³-hybridized carbons (Fsp3) is 0.474. The monoisotopic (exact) mass is 373 g/mol. The first-order chi connectivity index (χ1) is 12.9. The Morgan fingerprint density at radius 3 is 2.56 bits per heavy atom. The molecule has 2 fully saturated rings. The zero-order valence-corrected chi connectivity index (χ0v) is 15.2. The van der Waals surface area contributed by atoms with E-state index in [-0.39, 0.29) is 18.9 Å². The first-order valence-corrected chi connectivity index (χ1v) is 9.11. The van der Waals surface area contributed by atoms with Gasteiger partial charge in [0, 0.05) is 12.2 Å². The molecule has 1 saturated carbocycles. The third-order valence-corrected chi connectivity index (χ3v) is 4.96. The van der Waals surface area contributed by atoms with Crippen LogP contribution in [-0.2, 0) is 19.1 Å². The Morgan fingerprint density at radius 2 is 1.89 bits per heavy atom. The van der Waals surface area contributed by atoms with E-state index in [0.717, 1.165) is 17.7 Å². The number of anilines is 1. The number of para-hydroxylation sites is 1. The maximum Gasteiger partial charge on any atom is 0.325 e. The number of hydrogen-bond acceptors (Lipinski definition) is 5. The molecule has 2 aliphatic rings. The van der Waals surface area contributed by atoms with Crippen LogP contribution in [0.5, 0.6) is 0 Å². The number of amides is 4. The molecule has 0 unspecified atom stereocenters. The summed E-state index contributed by atoms with van der Waals surface area (Å²) < 4.78 is 5.11. The van der Waals surface area contributed by atoms with Gasteiger partial charge in [-0.3, -0.25) is 19.3 Å². The van der Waals surface area contributed by atoms with Crippen LogP contribution in [0.3, 0.4) is 0 Å². The number of ether oxygens (including phenoxy) is 1. The lowest BCUT2D eigenvalue weighted by atomic mass is 9.98. The molecule has 2 N–H and O–H groups in total. The van der Waals surface area contributed by atoms with Gasteiger partial charge in [-0.1, -0.05) is 31.0 Å². The van der Waals surface area contributed by atoms with Crippen molar-refractivity contribution < 1.29 is 23.9 Å². The molecular weight excluding hydrogens is 350 g/mol. The summed E-state index contributed by atoms with van der Waals surface area (Å²) in [5, 5.41) is 5.41. The highest BCUT2D eigenvalue weighted by Gasteiger charge is 2.52. The van der Waals surface area contributed by atoms with Crippen molar-refractivity contribution in [2.24, 2.45) is 0 Å². The van der Waals surface area contributed by atoms with Crippen molar-refractivity contribution in [2.75, 3.05) is 11.9 Å². The molecule has 1 aromatic rings. The molecule has 8 nitrogen and oxygen atoms in total. The van der Waals surface area contributed by atoms with Crippen molar-refractivity contribution in [3.05, 3.63) is 30.3 Å². The molecule has 1 aliphatic carbocycles. The summed E-state index contributed by atoms with van der Waals surface area (Å²) in [6, 6.07) is 8.36. The average Bonchev–Trinajstić information content (AvgIpc) is 3.20. The van der Waals surface area contributed by atoms with Gasteiger partial charge < -0.3 is 15.4 Å². The van der Waals surface area contributed by atoms with Crippen LogP contribution in [0.25, 0.3) is 0 Å². The van der Waals surface area contributed by atoms with Crippen molar-refractivity contribution in [3.63, 3.8) is 0 Å². The molecule has 1 atom stereocenters. The summed E-state index contributed by atoms with van der Waals surface area (Å²) in [7, 11) is 0. The van der Waals surface area contributed by atoms with Crippen LogP contribution in [-0.4, -0.2) is 46.9 Å². The Balaban J connectivity index is 1.47. The quantitative estimate of drug-likeness (QED) is 0.584. The number of urea groups is 1. The number of benzene rings is 1. The molecule has 4 amide bonds. The number of carbonyl (C=O) groups is 4. The minimum absolute atomic E-state index is 0.0573. The standard InChI is InChI=1S/C19H23N3O5/c1-13(16(24)20-14-7-3-2-4-8-14)27-15(23)9-12-22-17(25)19(21-18(22)26)10-5-6-11-19/h2-4,7-8,13H,5-6,9-12H2,1H3,(H,20,24)(H,21,26)/t13-/m0/s1. The third-order valence-electron chi connectivity index (χ3n) is 4.96. The van der Waals surface area contributed by atoms with E-state index in [4.69, 9.17) is 4.74 Å². The maximum absolute atomic E-state index is 12.5. The van der Waals surface area contributed by atoms with Crippen molar-refractivity contribution >= 4 is 29.5 Å². The van der Waals surface area contributed by atoms with Gasteiger partial charge in [0.15, 0.2) is 6.10 Å². The average molecular weight is 373 g/mol. The predicted octanol–water partition coefficient (Wildman–Crippen LogP) is 1.81. The molecule has 1 heterocycles. The van der Waals surface area contributed by atoms with E-state index in [2.05, 4.69) is 10.6 Å². The number of imide groups is 1. The Hall–Kier alpha value is -2.90. The summed E-state index contributed by atoms with van der Waals surface area (Å²) in [5.74, 6) is -1.36. The highest BCUT2D eigenvalue weighted by atomic mass is 16.5. The molecule has 0 aromatic heterocycles. The second-order valence-electron chi connectivity index (χ2n) is 6.91. The number of hydrogen-bond donors (Lipinski definition) is 2. The lowest BCUT2D eigenvalue weighted by molar-refractivity contribution is -0.153. The predicted molar refractivity (Wildman–Crippen MR) is 96.7 cm³/mol. The zero-order chi connectivity index (χ0) is 19.4. The number of esters is 1. The second-order valence-corrected chi connectivity index (χ2v) is 6.91. The van der Waals surface area contributed by atoms with Gasteiger partial charge in [-0.15, -0.1) is 0 Å². The Kier molecular flexibility index (Phi) is 5.43. The van der Waals surface area contributed by atoms with Gasteiger partial charge in [0.1, 0.15) is 5.54 Å². The summed E-state index contributed by atoms with van der Waals surface area (Å²) >= 11 is 0. The molecule has 0 radical (unpaired) electrons. The first kappa shape index (κ1) is 18.9. The van der Waals surface area contributed by atoms with E-state index in [1.807, 2.05) is 6.07 Å². The molecule has 8 heteroatoms. The molecular formula is C19H23N3O5. The van der Waals surface area contributed by atoms with Gasteiger partial charge >= 0.3 is 12.0 Å². The van der Waals surface area contributed by atoms with Crippen molar-refractivity contribution in [1.29, 1.82) is 0 Å². The summed E-state index contributed by atoms with van der Waals surface area (Å²) in [6.07, 6.45) is 1.93. The fourth-order valence-corrected chi connectivity index (χ4v) is 3.47. The van der Waals surface area contributed by atoms with Gasteiger partial charge in [-0.05, 0) is 31.9 Å². The summed E-state index contributed by atoms with van der Waals surface area (Å²) in [4.78, 5) is 49.7. The van der Waals surface area contributed by atoms with Crippen LogP contribution >= 0.6 is 0 Å². The van der Waals surface area contributed by atoms with E-state index < -0.39 is 29.6 Å². The number of rotatable bonds is 6. The third kappa shape index (κ3) is 4.10. The molecule has 1 aromatic carbocycles. The van der Waals surface area contributed by atoms with Crippen LogP contribution in [0.15, 0.2) is 30.3 Å². The van der Waals surface area contributed by atoms with Crippen molar-refractivity contribution in [3.8, 4) is 0 Å². The Labute approximate surface area is 157 Å². The normalized spacial score (nSPS) is 19.1. The van der Waals surface area contributed by atoms with Crippen LogP contribution in [0.4, 0.5) is 10.5 Å². The van der Waals surface area contributed by atoms with Crippen LogP contribution in [0.2, 0.25) is 0 Å². The molecule has 144 valence electrons. The molecule has 1 saturated heterocycles. The van der Waals surface area contributed by atoms with Gasteiger partial charge in [-0.2, -0.15) is 0 Å². The number of carbonyl (C=O) groups excluding carboxylic acids is 4. The Bertz CT molecular complexity index is 743. The van der Waals surface area contributed by atoms with Crippen LogP contribution in [0, 0.1) is 0 Å². The van der Waals surface area contributed by atoms with E-state index in [1.165, 1.54) is 6.92 Å². The largest absolute Gasteiger partial charge is 0.452 e. The number of nitrogens with zero attached hydrogens (tertiary/aromatic N) is 1. The van der Waals surface area contributed by atoms with Crippen molar-refractivity contribution in [2.45, 2.75) is 50.7 Å². The van der Waals surface area contributed by atoms with E-state index in [1.54, 1.807) is 24.3 Å². The van der Waals surface area contributed by atoms with Gasteiger partial charge in [0.05, 0.1) is 6.42 Å². The van der Waals surface area contributed by atoms with Gasteiger partial charge in [0.2, 0.25) is 0 Å². The van der Waals surface area contributed by atoms with Gasteiger partial charge in [0.25, 0.3) is 11.8 Å². The lowest BCUT2D eigenvalue weighted by Gasteiger charge is -2.20. The molecule has 1 aliphatic heterocycles. The maximum atomic E-state index is 12.5. The van der Waals surface area contributed by atoms with Gasteiger partial charge in [-0.25, -0.2) is 4.79 Å².